The lowest BCUT2D eigenvalue weighted by atomic mass is 10.1. The van der Waals surface area contributed by atoms with Gasteiger partial charge in [0.1, 0.15) is 0 Å². The molecule has 0 spiro atoms. The third-order valence-electron chi connectivity index (χ3n) is 4.03. The zero-order valence-electron chi connectivity index (χ0n) is 12.5. The van der Waals surface area contributed by atoms with Crippen molar-refractivity contribution in [1.82, 2.24) is 9.88 Å². The molecule has 1 fully saturated rings. The monoisotopic (exact) mass is 272 g/mol. The molecule has 1 heterocycles. The number of nitrogens with one attached hydrogen (secondary N) is 1. The summed E-state index contributed by atoms with van der Waals surface area (Å²) in [4.78, 5) is 0. The van der Waals surface area contributed by atoms with Crippen LogP contribution in [0.2, 0.25) is 0 Å². The van der Waals surface area contributed by atoms with E-state index in [1.54, 1.807) is 7.11 Å². The van der Waals surface area contributed by atoms with Crippen LogP contribution in [0, 0.1) is 6.92 Å². The van der Waals surface area contributed by atoms with Gasteiger partial charge in [0.25, 0.3) is 0 Å². The molecule has 0 unspecified atom stereocenters. The average Bonchev–Trinajstić information content (AvgIpc) is 3.21. The fourth-order valence-corrected chi connectivity index (χ4v) is 2.73. The van der Waals surface area contributed by atoms with Crippen LogP contribution in [-0.4, -0.2) is 24.3 Å². The molecule has 0 saturated heterocycles. The van der Waals surface area contributed by atoms with Crippen molar-refractivity contribution in [3.8, 4) is 0 Å². The standard InChI is InChI=1S/C17H24N2O/c1-13-4-7-17-16(10-13)14(11-18-15-5-6-15)12-19(17)8-3-9-20-2/h4,7,10,12,15,18H,3,5-6,8-9,11H2,1-2H3. The minimum atomic E-state index is 0.756. The molecule has 0 atom stereocenters. The predicted octanol–water partition coefficient (Wildman–Crippen LogP) is 3.24. The van der Waals surface area contributed by atoms with E-state index in [2.05, 4.69) is 41.2 Å². The van der Waals surface area contributed by atoms with E-state index in [0.717, 1.165) is 32.2 Å². The lowest BCUT2D eigenvalue weighted by molar-refractivity contribution is 0.190. The van der Waals surface area contributed by atoms with Crippen molar-refractivity contribution in [3.63, 3.8) is 0 Å². The van der Waals surface area contributed by atoms with Crippen LogP contribution in [0.25, 0.3) is 10.9 Å². The number of ether oxygens (including phenoxy) is 1. The minimum Gasteiger partial charge on any atom is -0.385 e. The van der Waals surface area contributed by atoms with Crippen LogP contribution in [0.1, 0.15) is 30.4 Å². The summed E-state index contributed by atoms with van der Waals surface area (Å²) in [6, 6.07) is 7.52. The molecule has 0 radical (unpaired) electrons. The minimum absolute atomic E-state index is 0.756. The fourth-order valence-electron chi connectivity index (χ4n) is 2.73. The van der Waals surface area contributed by atoms with E-state index in [9.17, 15) is 0 Å². The number of methoxy groups -OCH3 is 1. The molecule has 0 amide bonds. The number of hydrogen-bond donors (Lipinski definition) is 1. The second-order valence-electron chi connectivity index (χ2n) is 5.87. The molecule has 1 saturated carbocycles. The van der Waals surface area contributed by atoms with Gasteiger partial charge in [-0.25, -0.2) is 0 Å². The lowest BCUT2D eigenvalue weighted by Gasteiger charge is -2.04. The van der Waals surface area contributed by atoms with Crippen LogP contribution in [0.3, 0.4) is 0 Å². The number of aryl methyl sites for hydroxylation is 2. The van der Waals surface area contributed by atoms with Crippen molar-refractivity contribution < 1.29 is 4.74 Å². The van der Waals surface area contributed by atoms with Crippen molar-refractivity contribution in [2.75, 3.05) is 13.7 Å². The Kier molecular flexibility index (Phi) is 4.08. The summed E-state index contributed by atoms with van der Waals surface area (Å²) in [6.45, 7) is 5.00. The number of fused-ring (bicyclic) bond motifs is 1. The fraction of sp³-hybridized carbons (Fsp3) is 0.529. The van der Waals surface area contributed by atoms with E-state index < -0.39 is 0 Å². The Labute approximate surface area is 120 Å². The van der Waals surface area contributed by atoms with E-state index in [1.165, 1.54) is 34.9 Å². The number of aromatic nitrogens is 1. The van der Waals surface area contributed by atoms with Gasteiger partial charge in [-0.1, -0.05) is 11.6 Å². The molecule has 3 rings (SSSR count). The maximum atomic E-state index is 5.16. The van der Waals surface area contributed by atoms with Crippen molar-refractivity contribution in [1.29, 1.82) is 0 Å². The molecule has 2 aromatic rings. The third kappa shape index (κ3) is 3.05. The normalized spacial score (nSPS) is 15.1. The SMILES string of the molecule is COCCCn1cc(CNC2CC2)c2cc(C)ccc21. The number of nitrogens with zero attached hydrogens (tertiary/aromatic N) is 1. The van der Waals surface area contributed by atoms with Crippen LogP contribution in [0.15, 0.2) is 24.4 Å². The zero-order valence-corrected chi connectivity index (χ0v) is 12.5. The molecular formula is C17H24N2O. The maximum absolute atomic E-state index is 5.16. The topological polar surface area (TPSA) is 26.2 Å². The van der Waals surface area contributed by atoms with Gasteiger partial charge >= 0.3 is 0 Å². The molecule has 1 aromatic heterocycles. The Morgan fingerprint density at radius 2 is 2.20 bits per heavy atom. The Balaban J connectivity index is 1.84. The second-order valence-corrected chi connectivity index (χ2v) is 5.87. The van der Waals surface area contributed by atoms with Crippen molar-refractivity contribution >= 4 is 10.9 Å². The molecule has 20 heavy (non-hydrogen) atoms. The summed E-state index contributed by atoms with van der Waals surface area (Å²) in [5.74, 6) is 0. The van der Waals surface area contributed by atoms with Gasteiger partial charge in [0.05, 0.1) is 0 Å². The summed E-state index contributed by atoms with van der Waals surface area (Å²) in [5.41, 5.74) is 4.10. The van der Waals surface area contributed by atoms with Gasteiger partial charge in [-0.15, -0.1) is 0 Å². The van der Waals surface area contributed by atoms with E-state index >= 15 is 0 Å². The van der Waals surface area contributed by atoms with E-state index in [-0.39, 0.29) is 0 Å². The highest BCUT2D eigenvalue weighted by Crippen LogP contribution is 2.25. The molecule has 108 valence electrons. The van der Waals surface area contributed by atoms with Gasteiger partial charge in [-0.05, 0) is 43.9 Å². The first kappa shape index (κ1) is 13.7. The highest BCUT2D eigenvalue weighted by molar-refractivity contribution is 5.84. The lowest BCUT2D eigenvalue weighted by Crippen LogP contribution is -2.15. The molecule has 3 heteroatoms. The Bertz CT molecular complexity index is 584. The smallest absolute Gasteiger partial charge is 0.0483 e. The van der Waals surface area contributed by atoms with Gasteiger partial charge in [0, 0.05) is 49.9 Å². The Hall–Kier alpha value is -1.32. The molecule has 3 nitrogen and oxygen atoms in total. The van der Waals surface area contributed by atoms with Crippen molar-refractivity contribution in [2.24, 2.45) is 0 Å². The summed E-state index contributed by atoms with van der Waals surface area (Å²) in [5, 5.41) is 5.03. The average molecular weight is 272 g/mol. The van der Waals surface area contributed by atoms with Gasteiger partial charge in [-0.3, -0.25) is 0 Å². The summed E-state index contributed by atoms with van der Waals surface area (Å²) < 4.78 is 7.54. The zero-order chi connectivity index (χ0) is 13.9. The summed E-state index contributed by atoms with van der Waals surface area (Å²) in [6.07, 6.45) is 6.05. The van der Waals surface area contributed by atoms with Gasteiger partial charge in [-0.2, -0.15) is 0 Å². The number of rotatable bonds is 7. The molecule has 1 N–H and O–H groups in total. The first-order valence-electron chi connectivity index (χ1n) is 7.58. The van der Waals surface area contributed by atoms with Gasteiger partial charge in [0.2, 0.25) is 0 Å². The predicted molar refractivity (Wildman–Crippen MR) is 83.0 cm³/mol. The number of hydrogen-bond acceptors (Lipinski definition) is 2. The first-order chi connectivity index (χ1) is 9.78. The second kappa shape index (κ2) is 5.98. The Morgan fingerprint density at radius 1 is 1.35 bits per heavy atom. The van der Waals surface area contributed by atoms with Crippen molar-refractivity contribution in [2.45, 2.75) is 45.3 Å². The maximum Gasteiger partial charge on any atom is 0.0483 e. The van der Waals surface area contributed by atoms with Crippen molar-refractivity contribution in [3.05, 3.63) is 35.5 Å². The van der Waals surface area contributed by atoms with E-state index in [0.29, 0.717) is 0 Å². The summed E-state index contributed by atoms with van der Waals surface area (Å²) in [7, 11) is 1.77. The largest absolute Gasteiger partial charge is 0.385 e. The van der Waals surface area contributed by atoms with Crippen LogP contribution in [-0.2, 0) is 17.8 Å². The molecule has 1 aliphatic rings. The molecule has 0 bridgehead atoms. The van der Waals surface area contributed by atoms with E-state index in [1.807, 2.05) is 0 Å². The third-order valence-corrected chi connectivity index (χ3v) is 4.03. The van der Waals surface area contributed by atoms with Crippen LogP contribution >= 0.6 is 0 Å². The van der Waals surface area contributed by atoms with Crippen LogP contribution in [0.4, 0.5) is 0 Å². The first-order valence-corrected chi connectivity index (χ1v) is 7.58. The number of benzene rings is 1. The highest BCUT2D eigenvalue weighted by Gasteiger charge is 2.20. The summed E-state index contributed by atoms with van der Waals surface area (Å²) >= 11 is 0. The molecular weight excluding hydrogens is 248 g/mol. The Morgan fingerprint density at radius 3 is 2.95 bits per heavy atom. The van der Waals surface area contributed by atoms with Crippen LogP contribution < -0.4 is 5.32 Å². The molecule has 1 aliphatic carbocycles. The molecule has 1 aromatic carbocycles. The van der Waals surface area contributed by atoms with Crippen LogP contribution in [0.5, 0.6) is 0 Å². The van der Waals surface area contributed by atoms with Gasteiger partial charge in [0.15, 0.2) is 0 Å². The quantitative estimate of drug-likeness (QED) is 0.783. The van der Waals surface area contributed by atoms with E-state index in [4.69, 9.17) is 4.74 Å². The van der Waals surface area contributed by atoms with Gasteiger partial charge < -0.3 is 14.6 Å². The highest BCUT2D eigenvalue weighted by atomic mass is 16.5. The molecule has 0 aliphatic heterocycles.